The average molecular weight is 283 g/mol. The van der Waals surface area contributed by atoms with Crippen molar-refractivity contribution in [3.8, 4) is 0 Å². The molecule has 20 heavy (non-hydrogen) atoms. The average Bonchev–Trinajstić information content (AvgIpc) is 2.92. The van der Waals surface area contributed by atoms with Gasteiger partial charge in [-0.05, 0) is 38.1 Å². The standard InChI is InChI=1S/C17H33NO2/c1-4-9-18-15-12-16(17(15)7-5-6-8-17)20-11-10-19-13-14(2)3/h14-16,18H,4-13H2,1-3H3. The minimum absolute atomic E-state index is 0.452. The molecule has 0 heterocycles. The molecule has 118 valence electrons. The highest BCUT2D eigenvalue weighted by atomic mass is 16.5. The maximum Gasteiger partial charge on any atom is 0.0704 e. The first-order valence-corrected chi connectivity index (χ1v) is 8.61. The van der Waals surface area contributed by atoms with Gasteiger partial charge in [-0.1, -0.05) is 33.6 Å². The summed E-state index contributed by atoms with van der Waals surface area (Å²) in [7, 11) is 0. The smallest absolute Gasteiger partial charge is 0.0704 e. The third-order valence-corrected chi connectivity index (χ3v) is 4.96. The van der Waals surface area contributed by atoms with Crippen molar-refractivity contribution < 1.29 is 9.47 Å². The van der Waals surface area contributed by atoms with Crippen molar-refractivity contribution >= 4 is 0 Å². The number of hydrogen-bond donors (Lipinski definition) is 1. The molecule has 0 radical (unpaired) electrons. The highest BCUT2D eigenvalue weighted by Crippen LogP contribution is 2.54. The lowest BCUT2D eigenvalue weighted by atomic mass is 9.60. The van der Waals surface area contributed by atoms with Crippen molar-refractivity contribution in [2.75, 3.05) is 26.4 Å². The molecule has 2 atom stereocenters. The molecule has 2 saturated carbocycles. The van der Waals surface area contributed by atoms with E-state index in [0.29, 0.717) is 23.5 Å². The normalized spacial score (nSPS) is 28.2. The summed E-state index contributed by atoms with van der Waals surface area (Å²) in [6, 6.07) is 0.700. The summed E-state index contributed by atoms with van der Waals surface area (Å²) in [5.74, 6) is 0.613. The van der Waals surface area contributed by atoms with Gasteiger partial charge in [0.25, 0.3) is 0 Å². The van der Waals surface area contributed by atoms with Crippen molar-refractivity contribution in [3.05, 3.63) is 0 Å². The lowest BCUT2D eigenvalue weighted by molar-refractivity contribution is -0.141. The zero-order valence-corrected chi connectivity index (χ0v) is 13.6. The second kappa shape index (κ2) is 7.77. The fraction of sp³-hybridized carbons (Fsp3) is 1.00. The first kappa shape index (κ1) is 16.3. The quantitative estimate of drug-likeness (QED) is 0.658. The SMILES string of the molecule is CCCNC1CC(OCCOCC(C)C)C12CCCC2. The van der Waals surface area contributed by atoms with Gasteiger partial charge in [0.15, 0.2) is 0 Å². The Bertz CT molecular complexity index is 274. The molecule has 0 aromatic heterocycles. The molecule has 1 N–H and O–H groups in total. The van der Waals surface area contributed by atoms with Gasteiger partial charge in [0.1, 0.15) is 0 Å². The van der Waals surface area contributed by atoms with Gasteiger partial charge in [0.2, 0.25) is 0 Å². The monoisotopic (exact) mass is 283 g/mol. The van der Waals surface area contributed by atoms with E-state index in [0.717, 1.165) is 26.4 Å². The summed E-state index contributed by atoms with van der Waals surface area (Å²) in [4.78, 5) is 0. The molecular weight excluding hydrogens is 250 g/mol. The van der Waals surface area contributed by atoms with E-state index in [1.54, 1.807) is 0 Å². The van der Waals surface area contributed by atoms with Crippen LogP contribution >= 0.6 is 0 Å². The molecule has 0 bridgehead atoms. The van der Waals surface area contributed by atoms with Gasteiger partial charge in [-0.3, -0.25) is 0 Å². The molecule has 2 fully saturated rings. The second-order valence-corrected chi connectivity index (χ2v) is 7.01. The Morgan fingerprint density at radius 3 is 2.60 bits per heavy atom. The Labute approximate surface area is 124 Å². The summed E-state index contributed by atoms with van der Waals surface area (Å²) >= 11 is 0. The van der Waals surface area contributed by atoms with Crippen LogP contribution in [-0.4, -0.2) is 38.5 Å². The molecule has 0 aliphatic heterocycles. The Balaban J connectivity index is 1.69. The summed E-state index contributed by atoms with van der Waals surface area (Å²) < 4.78 is 11.8. The van der Waals surface area contributed by atoms with Crippen LogP contribution in [0.3, 0.4) is 0 Å². The predicted molar refractivity (Wildman–Crippen MR) is 83.0 cm³/mol. The third-order valence-electron chi connectivity index (χ3n) is 4.96. The summed E-state index contributed by atoms with van der Waals surface area (Å²) in [5, 5.41) is 3.74. The third kappa shape index (κ3) is 3.75. The van der Waals surface area contributed by atoms with Gasteiger partial charge in [-0.2, -0.15) is 0 Å². The maximum atomic E-state index is 6.14. The molecule has 0 aromatic carbocycles. The first-order valence-electron chi connectivity index (χ1n) is 8.61. The van der Waals surface area contributed by atoms with Crippen LogP contribution in [0, 0.1) is 11.3 Å². The van der Waals surface area contributed by atoms with E-state index in [2.05, 4.69) is 26.1 Å². The topological polar surface area (TPSA) is 30.5 Å². The Hall–Kier alpha value is -0.120. The zero-order chi connectivity index (χ0) is 14.4. The number of nitrogens with one attached hydrogen (secondary N) is 1. The molecule has 2 rings (SSSR count). The molecule has 2 unspecified atom stereocenters. The van der Waals surface area contributed by atoms with Crippen LogP contribution in [0.5, 0.6) is 0 Å². The lowest BCUT2D eigenvalue weighted by Gasteiger charge is -2.54. The number of rotatable bonds is 9. The van der Waals surface area contributed by atoms with Crippen molar-refractivity contribution in [1.82, 2.24) is 5.32 Å². The fourth-order valence-corrected chi connectivity index (χ4v) is 3.86. The van der Waals surface area contributed by atoms with Crippen LogP contribution in [0.1, 0.15) is 59.3 Å². The van der Waals surface area contributed by atoms with E-state index >= 15 is 0 Å². The lowest BCUT2D eigenvalue weighted by Crippen LogP contribution is -2.62. The highest BCUT2D eigenvalue weighted by molar-refractivity contribution is 5.09. The number of hydrogen-bond acceptors (Lipinski definition) is 3. The first-order chi connectivity index (χ1) is 9.69. The van der Waals surface area contributed by atoms with E-state index in [1.807, 2.05) is 0 Å². The van der Waals surface area contributed by atoms with Gasteiger partial charge in [0.05, 0.1) is 19.3 Å². The minimum atomic E-state index is 0.452. The zero-order valence-electron chi connectivity index (χ0n) is 13.6. The summed E-state index contributed by atoms with van der Waals surface area (Å²) in [6.45, 7) is 10.1. The van der Waals surface area contributed by atoms with Gasteiger partial charge in [-0.25, -0.2) is 0 Å². The molecule has 2 aliphatic rings. The molecular formula is C17H33NO2. The fourth-order valence-electron chi connectivity index (χ4n) is 3.86. The van der Waals surface area contributed by atoms with Crippen molar-refractivity contribution in [1.29, 1.82) is 0 Å². The highest BCUT2D eigenvalue weighted by Gasteiger charge is 2.56. The van der Waals surface area contributed by atoms with E-state index in [4.69, 9.17) is 9.47 Å². The molecule has 3 heteroatoms. The van der Waals surface area contributed by atoms with Crippen LogP contribution in [0.4, 0.5) is 0 Å². The van der Waals surface area contributed by atoms with Gasteiger partial charge in [0, 0.05) is 18.1 Å². The van der Waals surface area contributed by atoms with E-state index in [9.17, 15) is 0 Å². The van der Waals surface area contributed by atoms with Crippen molar-refractivity contribution in [2.45, 2.75) is 71.4 Å². The molecule has 2 aliphatic carbocycles. The Kier molecular flexibility index (Phi) is 6.31. The Morgan fingerprint density at radius 1 is 1.20 bits per heavy atom. The largest absolute Gasteiger partial charge is 0.379 e. The van der Waals surface area contributed by atoms with E-state index in [-0.39, 0.29) is 0 Å². The van der Waals surface area contributed by atoms with Crippen LogP contribution in [0.2, 0.25) is 0 Å². The number of ether oxygens (including phenoxy) is 2. The van der Waals surface area contributed by atoms with Crippen LogP contribution in [0.15, 0.2) is 0 Å². The molecule has 0 saturated heterocycles. The van der Waals surface area contributed by atoms with Gasteiger partial charge < -0.3 is 14.8 Å². The predicted octanol–water partition coefficient (Wildman–Crippen LogP) is 3.38. The molecule has 0 amide bonds. The molecule has 0 aromatic rings. The van der Waals surface area contributed by atoms with Crippen molar-refractivity contribution in [3.63, 3.8) is 0 Å². The van der Waals surface area contributed by atoms with Gasteiger partial charge in [-0.15, -0.1) is 0 Å². The van der Waals surface area contributed by atoms with Crippen LogP contribution in [-0.2, 0) is 9.47 Å². The van der Waals surface area contributed by atoms with Crippen molar-refractivity contribution in [2.24, 2.45) is 11.3 Å². The minimum Gasteiger partial charge on any atom is -0.379 e. The van der Waals surface area contributed by atoms with E-state index in [1.165, 1.54) is 38.5 Å². The maximum absolute atomic E-state index is 6.14. The molecule has 3 nitrogen and oxygen atoms in total. The Morgan fingerprint density at radius 2 is 1.95 bits per heavy atom. The van der Waals surface area contributed by atoms with Gasteiger partial charge >= 0.3 is 0 Å². The van der Waals surface area contributed by atoms with Crippen LogP contribution < -0.4 is 5.32 Å². The van der Waals surface area contributed by atoms with E-state index < -0.39 is 0 Å². The molecule has 1 spiro atoms. The van der Waals surface area contributed by atoms with Crippen LogP contribution in [0.25, 0.3) is 0 Å². The summed E-state index contributed by atoms with van der Waals surface area (Å²) in [5.41, 5.74) is 0.452. The summed E-state index contributed by atoms with van der Waals surface area (Å²) in [6.07, 6.45) is 8.37. The second-order valence-electron chi connectivity index (χ2n) is 7.01.